The van der Waals surface area contributed by atoms with Gasteiger partial charge >= 0.3 is 0 Å². The Morgan fingerprint density at radius 2 is 2.09 bits per heavy atom. The Bertz CT molecular complexity index is 1050. The second-order valence-corrected chi connectivity index (χ2v) is 6.98. The SMILES string of the molecule is CCOC.COCCNC(=O)C1NC(=O)c2cc(C=O)nn2C1(N=[N+]=[N-])c1ccccc1C. The lowest BCUT2D eigenvalue weighted by molar-refractivity contribution is -0.125. The molecule has 2 unspecified atom stereocenters. The van der Waals surface area contributed by atoms with Crippen molar-refractivity contribution >= 4 is 18.1 Å². The Hall–Kier alpha value is -3.73. The second-order valence-electron chi connectivity index (χ2n) is 6.98. The van der Waals surface area contributed by atoms with Crippen molar-refractivity contribution in [2.75, 3.05) is 34.0 Å². The Morgan fingerprint density at radius 3 is 2.67 bits per heavy atom. The van der Waals surface area contributed by atoms with E-state index in [9.17, 15) is 19.9 Å². The zero-order valence-corrected chi connectivity index (χ0v) is 18.9. The first-order chi connectivity index (χ1) is 15.9. The molecule has 1 aliphatic rings. The molecular weight excluding hydrogens is 430 g/mol. The number of nitrogens with one attached hydrogen (secondary N) is 2. The lowest BCUT2D eigenvalue weighted by Crippen LogP contribution is -2.65. The lowest BCUT2D eigenvalue weighted by Gasteiger charge is -2.41. The molecule has 1 aromatic heterocycles. The van der Waals surface area contributed by atoms with Gasteiger partial charge in [0, 0.05) is 32.3 Å². The summed E-state index contributed by atoms with van der Waals surface area (Å²) >= 11 is 0. The Labute approximate surface area is 190 Å². The van der Waals surface area contributed by atoms with Crippen LogP contribution in [0.3, 0.4) is 0 Å². The number of benzene rings is 1. The summed E-state index contributed by atoms with van der Waals surface area (Å²) < 4.78 is 10.6. The van der Waals surface area contributed by atoms with Gasteiger partial charge in [-0.2, -0.15) is 5.10 Å². The number of aromatic nitrogens is 2. The Balaban J connectivity index is 0.000000890. The summed E-state index contributed by atoms with van der Waals surface area (Å²) in [6, 6.07) is 6.94. The lowest BCUT2D eigenvalue weighted by atomic mass is 9.86. The number of nitrogens with zero attached hydrogens (tertiary/aromatic N) is 5. The van der Waals surface area contributed by atoms with Crippen molar-refractivity contribution in [2.24, 2.45) is 5.11 Å². The van der Waals surface area contributed by atoms with Gasteiger partial charge in [-0.05, 0) is 36.6 Å². The van der Waals surface area contributed by atoms with Crippen LogP contribution in [0.25, 0.3) is 10.4 Å². The molecule has 2 aromatic rings. The van der Waals surface area contributed by atoms with Crippen molar-refractivity contribution in [2.45, 2.75) is 25.6 Å². The van der Waals surface area contributed by atoms with Crippen LogP contribution in [0, 0.1) is 6.92 Å². The summed E-state index contributed by atoms with van der Waals surface area (Å²) in [6.07, 6.45) is 0.477. The van der Waals surface area contributed by atoms with Crippen LogP contribution in [0.1, 0.15) is 39.0 Å². The number of aryl methyl sites for hydroxylation is 1. The summed E-state index contributed by atoms with van der Waals surface area (Å²) in [5.41, 5.74) is 8.79. The van der Waals surface area contributed by atoms with Crippen LogP contribution in [-0.4, -0.2) is 67.9 Å². The highest BCUT2D eigenvalue weighted by Gasteiger charge is 2.53. The number of rotatable bonds is 8. The molecule has 12 heteroatoms. The van der Waals surface area contributed by atoms with E-state index in [1.54, 1.807) is 38.3 Å². The molecule has 2 N–H and O–H groups in total. The Kier molecular flexibility index (Phi) is 9.10. The van der Waals surface area contributed by atoms with Gasteiger partial charge in [-0.1, -0.05) is 29.4 Å². The minimum Gasteiger partial charge on any atom is -0.385 e. The highest BCUT2D eigenvalue weighted by molar-refractivity contribution is 5.99. The highest BCUT2D eigenvalue weighted by atomic mass is 16.5. The first-order valence-electron chi connectivity index (χ1n) is 10.2. The number of fused-ring (bicyclic) bond motifs is 1. The first-order valence-corrected chi connectivity index (χ1v) is 10.2. The molecule has 0 radical (unpaired) electrons. The van der Waals surface area contributed by atoms with Crippen LogP contribution in [0.5, 0.6) is 0 Å². The van der Waals surface area contributed by atoms with E-state index in [0.717, 1.165) is 11.3 Å². The van der Waals surface area contributed by atoms with Crippen LogP contribution in [0.4, 0.5) is 0 Å². The highest BCUT2D eigenvalue weighted by Crippen LogP contribution is 2.38. The molecule has 0 saturated carbocycles. The zero-order valence-electron chi connectivity index (χ0n) is 18.9. The molecule has 33 heavy (non-hydrogen) atoms. The van der Waals surface area contributed by atoms with Gasteiger partial charge in [0.25, 0.3) is 5.91 Å². The topological polar surface area (TPSA) is 160 Å². The summed E-state index contributed by atoms with van der Waals surface area (Å²) in [5.74, 6) is -1.20. The molecule has 0 spiro atoms. The van der Waals surface area contributed by atoms with Crippen LogP contribution < -0.4 is 10.6 Å². The van der Waals surface area contributed by atoms with Crippen LogP contribution in [-0.2, 0) is 19.9 Å². The first kappa shape index (κ1) is 25.5. The molecular formula is C21H27N7O5. The van der Waals surface area contributed by atoms with E-state index in [-0.39, 0.29) is 24.5 Å². The third kappa shape index (κ3) is 5.20. The van der Waals surface area contributed by atoms with Crippen LogP contribution in [0.15, 0.2) is 35.4 Å². The average Bonchev–Trinajstić information content (AvgIpc) is 3.27. The fraction of sp³-hybridized carbons (Fsp3) is 0.429. The molecule has 1 aliphatic heterocycles. The fourth-order valence-corrected chi connectivity index (χ4v) is 3.41. The standard InChI is InChI=1S/C18H19N7O4.C3H8O/c1-11-5-3-4-6-13(11)18(23-24-19)15(17(28)20-7-8-29-2)21-16(27)14-9-12(10-26)22-25(14)18;1-3-4-2/h3-6,9-10,15H,7-8H2,1-2H3,(H,20,28)(H,21,27);3H2,1-2H3. The van der Waals surface area contributed by atoms with Gasteiger partial charge in [-0.3, -0.25) is 14.4 Å². The van der Waals surface area contributed by atoms with Crippen molar-refractivity contribution < 1.29 is 23.9 Å². The third-order valence-corrected chi connectivity index (χ3v) is 4.98. The number of ether oxygens (including phenoxy) is 2. The fourth-order valence-electron chi connectivity index (χ4n) is 3.41. The van der Waals surface area contributed by atoms with Crippen molar-refractivity contribution in [1.82, 2.24) is 20.4 Å². The summed E-state index contributed by atoms with van der Waals surface area (Å²) in [4.78, 5) is 39.9. The number of aldehydes is 1. The minimum atomic E-state index is -1.75. The molecule has 0 saturated heterocycles. The molecule has 2 heterocycles. The summed E-state index contributed by atoms with van der Waals surface area (Å²) in [6.45, 7) is 5.01. The van der Waals surface area contributed by atoms with Gasteiger partial charge in [0.2, 0.25) is 5.91 Å². The molecule has 0 aliphatic carbocycles. The Morgan fingerprint density at radius 1 is 1.39 bits per heavy atom. The van der Waals surface area contributed by atoms with Crippen molar-refractivity contribution in [3.63, 3.8) is 0 Å². The quantitative estimate of drug-likeness (QED) is 0.201. The maximum absolute atomic E-state index is 13.0. The van der Waals surface area contributed by atoms with E-state index in [1.165, 1.54) is 13.2 Å². The monoisotopic (exact) mass is 457 g/mol. The summed E-state index contributed by atoms with van der Waals surface area (Å²) in [7, 11) is 3.17. The number of amides is 2. The predicted octanol–water partition coefficient (Wildman–Crippen LogP) is 1.54. The predicted molar refractivity (Wildman–Crippen MR) is 119 cm³/mol. The van der Waals surface area contributed by atoms with E-state index in [0.29, 0.717) is 17.4 Å². The molecule has 0 fully saturated rings. The average molecular weight is 457 g/mol. The number of azide groups is 1. The molecule has 3 rings (SSSR count). The second kappa shape index (κ2) is 11.8. The number of hydrogen-bond acceptors (Lipinski definition) is 7. The molecule has 176 valence electrons. The maximum atomic E-state index is 13.0. The van der Waals surface area contributed by atoms with Gasteiger partial charge in [-0.25, -0.2) is 4.68 Å². The van der Waals surface area contributed by atoms with Crippen molar-refractivity contribution in [3.8, 4) is 0 Å². The van der Waals surface area contributed by atoms with Gasteiger partial charge in [0.05, 0.1) is 6.61 Å². The minimum absolute atomic E-state index is 0.00342. The largest absolute Gasteiger partial charge is 0.385 e. The van der Waals surface area contributed by atoms with Gasteiger partial charge in [-0.15, -0.1) is 0 Å². The number of hydrogen-bond donors (Lipinski definition) is 2. The van der Waals surface area contributed by atoms with Crippen molar-refractivity contribution in [1.29, 1.82) is 0 Å². The molecule has 1 aromatic carbocycles. The van der Waals surface area contributed by atoms with E-state index in [1.807, 2.05) is 6.92 Å². The third-order valence-electron chi connectivity index (χ3n) is 4.98. The normalized spacial score (nSPS) is 18.7. The van der Waals surface area contributed by atoms with Gasteiger partial charge in [0.1, 0.15) is 17.4 Å². The van der Waals surface area contributed by atoms with E-state index in [4.69, 9.17) is 4.74 Å². The van der Waals surface area contributed by atoms with E-state index in [2.05, 4.69) is 30.5 Å². The number of carbonyl (C=O) groups excluding carboxylic acids is 3. The maximum Gasteiger partial charge on any atom is 0.270 e. The van der Waals surface area contributed by atoms with E-state index >= 15 is 0 Å². The molecule has 12 nitrogen and oxygen atoms in total. The van der Waals surface area contributed by atoms with Crippen LogP contribution >= 0.6 is 0 Å². The number of carbonyl (C=O) groups is 3. The van der Waals surface area contributed by atoms with Gasteiger partial charge < -0.3 is 20.1 Å². The smallest absolute Gasteiger partial charge is 0.270 e. The van der Waals surface area contributed by atoms with E-state index < -0.39 is 23.5 Å². The zero-order chi connectivity index (χ0) is 24.4. The van der Waals surface area contributed by atoms with Gasteiger partial charge in [0.15, 0.2) is 11.9 Å². The molecule has 2 atom stereocenters. The summed E-state index contributed by atoms with van der Waals surface area (Å²) in [5, 5.41) is 13.4. The van der Waals surface area contributed by atoms with Crippen molar-refractivity contribution in [3.05, 3.63) is 63.3 Å². The molecule has 2 amide bonds. The molecule has 0 bridgehead atoms. The van der Waals surface area contributed by atoms with Crippen LogP contribution in [0.2, 0.25) is 0 Å². The number of methoxy groups -OCH3 is 2.